The molecular formula is C65H83N4O26S4+. The molecule has 0 radical (unpaired) electrons. The number of para-hydroxylation sites is 2. The average Bonchev–Trinajstić information content (AvgIpc) is 1.61. The Morgan fingerprint density at radius 2 is 1.26 bits per heavy atom. The van der Waals surface area contributed by atoms with E-state index in [-0.39, 0.29) is 120 Å². The molecule has 0 spiro atoms. The lowest BCUT2D eigenvalue weighted by atomic mass is 9.81. The summed E-state index contributed by atoms with van der Waals surface area (Å²) < 4.78 is 136. The summed E-state index contributed by atoms with van der Waals surface area (Å²) in [6.07, 6.45) is 11.6. The number of benzene rings is 3. The fraction of sp³-hybridized carbons (Fsp3) is 0.477. The molecule has 1 aliphatic carbocycles. The van der Waals surface area contributed by atoms with E-state index in [4.69, 9.17) is 54.2 Å². The Hall–Kier alpha value is -8.73. The second-order valence-corrected chi connectivity index (χ2v) is 27.7. The van der Waals surface area contributed by atoms with Gasteiger partial charge in [-0.2, -0.15) is 31.0 Å². The standard InChI is InChI=1S/C64H82N4O18S2.CO2.2O3S/c1-63(2)51-17-5-7-19-54(51)67(35-9-11-39-87(78,79)80)56(63)30-24-45-15-13-16-46(25-31-57-64(3,4)52-18-6-8-20-55(52)68(57)36-10-12-40-88(81,82)83)59(45)86-50-27-22-44(23-28-50)41-47(60(73)74)42-49(70)33-38-85-43-84-37-32-48(69)26-29-53(61(75)76)66-62(77)65-34-14-21-58(71)72;2-1-3;2*1-4(2)3/h5-8,17-20,22-25,27-28,30-31,47,53H,9-16,21,26,29,32-43H2,1-4H3,(H6-,65,66,71,72,73,74,75,76,77,78,79,80,81,82,83);;;/p+1/t47-,53-;;;/m0.../s1. The number of urea groups is 1. The Balaban J connectivity index is 0.00000216. The van der Waals surface area contributed by atoms with E-state index in [1.165, 1.54) is 0 Å². The topological polar surface area (TPSA) is 466 Å². The number of nitrogens with zero attached hydrogens (tertiary/aromatic N) is 2. The first-order valence-electron chi connectivity index (χ1n) is 31.1. The summed E-state index contributed by atoms with van der Waals surface area (Å²) in [4.78, 5) is 90.7. The maximum atomic E-state index is 13.0. The van der Waals surface area contributed by atoms with Crippen molar-refractivity contribution in [2.75, 3.05) is 56.0 Å². The largest absolute Gasteiger partial charge is 0.481 e. The van der Waals surface area contributed by atoms with Gasteiger partial charge in [0.05, 0.1) is 36.1 Å². The van der Waals surface area contributed by atoms with Crippen molar-refractivity contribution >= 4 is 100 Å². The molecule has 0 bridgehead atoms. The van der Waals surface area contributed by atoms with Crippen molar-refractivity contribution in [3.63, 3.8) is 0 Å². The normalized spacial score (nSPS) is 15.7. The van der Waals surface area contributed by atoms with Gasteiger partial charge >= 0.3 is 51.3 Å². The number of carboxylic acids is 3. The lowest BCUT2D eigenvalue weighted by molar-refractivity contribution is -0.438. The van der Waals surface area contributed by atoms with Crippen molar-refractivity contribution in [3.05, 3.63) is 136 Å². The number of allylic oxidation sites excluding steroid dienone is 7. The van der Waals surface area contributed by atoms with Gasteiger partial charge in [0.15, 0.2) is 5.71 Å². The van der Waals surface area contributed by atoms with E-state index in [1.807, 2.05) is 36.4 Å². The van der Waals surface area contributed by atoms with Crippen LogP contribution >= 0.6 is 0 Å². The fourth-order valence-electron chi connectivity index (χ4n) is 11.2. The number of aliphatic carboxylic acids is 3. The molecular weight excluding hydrogens is 1380 g/mol. The van der Waals surface area contributed by atoms with Crippen LogP contribution in [-0.2, 0) is 102 Å². The highest BCUT2D eigenvalue weighted by Gasteiger charge is 2.44. The molecule has 3 aliphatic rings. The molecule has 6 rings (SSSR count). The van der Waals surface area contributed by atoms with Gasteiger partial charge in [0.2, 0.25) is 5.69 Å². The van der Waals surface area contributed by atoms with E-state index in [2.05, 4.69) is 84.2 Å². The number of carbonyl (C=O) groups excluding carboxylic acids is 5. The van der Waals surface area contributed by atoms with Crippen LogP contribution in [0.4, 0.5) is 16.2 Å². The minimum Gasteiger partial charge on any atom is -0.481 e. The molecule has 0 unspecified atom stereocenters. The van der Waals surface area contributed by atoms with Crippen LogP contribution < -0.4 is 20.3 Å². The van der Waals surface area contributed by atoms with E-state index in [0.29, 0.717) is 55.8 Å². The number of amides is 2. The van der Waals surface area contributed by atoms with Gasteiger partial charge in [0.25, 0.3) is 20.2 Å². The highest BCUT2D eigenvalue weighted by molar-refractivity contribution is 7.86. The Morgan fingerprint density at radius 1 is 0.687 bits per heavy atom. The highest BCUT2D eigenvalue weighted by atomic mass is 32.2. The number of Topliss-reactive ketones (excluding diaryl/α,β-unsaturated/α-hetero) is 2. The average molecular weight is 1460 g/mol. The van der Waals surface area contributed by atoms with Crippen LogP contribution in [0.5, 0.6) is 5.75 Å². The molecule has 3 aromatic rings. The predicted molar refractivity (Wildman–Crippen MR) is 355 cm³/mol. The number of anilines is 1. The zero-order valence-electron chi connectivity index (χ0n) is 55.0. The Morgan fingerprint density at radius 3 is 1.85 bits per heavy atom. The number of hydrogen-bond donors (Lipinski definition) is 7. The number of unbranched alkanes of at least 4 members (excludes halogenated alkanes) is 2. The van der Waals surface area contributed by atoms with E-state index in [9.17, 15) is 64.9 Å². The number of carbonyl (C=O) groups is 6. The minimum atomic E-state index is -4.13. The van der Waals surface area contributed by atoms with Gasteiger partial charge in [-0.05, 0) is 124 Å². The minimum absolute atomic E-state index is 0.0268. The van der Waals surface area contributed by atoms with Crippen molar-refractivity contribution in [1.82, 2.24) is 10.6 Å². The van der Waals surface area contributed by atoms with E-state index >= 15 is 0 Å². The summed E-state index contributed by atoms with van der Waals surface area (Å²) in [6.45, 7) is 9.27. The number of ether oxygens (including phenoxy) is 3. The molecule has 2 aliphatic heterocycles. The Bertz CT molecular complexity index is 3970. The van der Waals surface area contributed by atoms with Crippen LogP contribution in [0.25, 0.3) is 0 Å². The van der Waals surface area contributed by atoms with Gasteiger partial charge in [-0.1, -0.05) is 68.5 Å². The second-order valence-electron chi connectivity index (χ2n) is 23.8. The molecule has 3 aromatic carbocycles. The summed E-state index contributed by atoms with van der Waals surface area (Å²) in [5.41, 5.74) is 7.87. The number of nitrogens with one attached hydrogen (secondary N) is 2. The first-order valence-corrected chi connectivity index (χ1v) is 36.3. The summed E-state index contributed by atoms with van der Waals surface area (Å²) in [7, 11) is -14.5. The number of rotatable bonds is 37. The molecule has 0 saturated carbocycles. The van der Waals surface area contributed by atoms with E-state index in [1.54, 1.807) is 24.3 Å². The SMILES string of the molecule is CC1(C)C(/C=C/C2=C(Oc3ccc(C[C@@H](CC(=O)CCOCOCCC(=O)CC[C@H](NC(=O)NCCCC(=O)O)C(=O)O)C(=O)O)cc3)C(=C/C=C3/N(CCCCS(=O)(=O)O)c4ccccc4C3(C)C)/CCC2)=[N+](CCCCS(=O)(=O)O)c2ccccc21.O=C=O.O=S(=O)=O.O=S(=O)=O. The molecule has 30 nitrogen and oxygen atoms in total. The van der Waals surface area contributed by atoms with Gasteiger partial charge < -0.3 is 45.1 Å². The number of fused-ring (bicyclic) bond motifs is 2. The van der Waals surface area contributed by atoms with Gasteiger partial charge in [0.1, 0.15) is 42.5 Å². The second kappa shape index (κ2) is 41.6. The van der Waals surface area contributed by atoms with Crippen LogP contribution in [0.3, 0.4) is 0 Å². The van der Waals surface area contributed by atoms with E-state index in [0.717, 1.165) is 51.5 Å². The number of hydrogen-bond acceptors (Lipinski definition) is 22. The summed E-state index contributed by atoms with van der Waals surface area (Å²) >= 11 is 0. The molecule has 542 valence electrons. The van der Waals surface area contributed by atoms with E-state index < -0.39 is 88.2 Å². The third kappa shape index (κ3) is 30.5. The van der Waals surface area contributed by atoms with Gasteiger partial charge in [0, 0.05) is 86.1 Å². The molecule has 2 heterocycles. The summed E-state index contributed by atoms with van der Waals surface area (Å²) in [5.74, 6) is -4.79. The zero-order chi connectivity index (χ0) is 74.1. The van der Waals surface area contributed by atoms with Crippen molar-refractivity contribution in [2.45, 2.75) is 141 Å². The quantitative estimate of drug-likeness (QED) is 0.0141. The fourth-order valence-corrected chi connectivity index (χ4v) is 12.3. The van der Waals surface area contributed by atoms with Crippen LogP contribution in [-0.4, -0.2) is 176 Å². The van der Waals surface area contributed by atoms with Gasteiger partial charge in [-0.3, -0.25) is 28.3 Å². The lowest BCUT2D eigenvalue weighted by Gasteiger charge is -2.27. The van der Waals surface area contributed by atoms with Crippen molar-refractivity contribution in [2.24, 2.45) is 5.92 Å². The maximum absolute atomic E-state index is 13.0. The molecule has 2 amide bonds. The Labute approximate surface area is 576 Å². The van der Waals surface area contributed by atoms with Crippen LogP contribution in [0.2, 0.25) is 0 Å². The molecule has 2 atom stereocenters. The van der Waals surface area contributed by atoms with Crippen LogP contribution in [0, 0.1) is 5.92 Å². The van der Waals surface area contributed by atoms with Crippen molar-refractivity contribution < 1.29 is 124 Å². The third-order valence-corrected chi connectivity index (χ3v) is 17.5. The summed E-state index contributed by atoms with van der Waals surface area (Å²) in [6, 6.07) is 21.1. The first-order chi connectivity index (χ1) is 46.5. The van der Waals surface area contributed by atoms with Gasteiger partial charge in [-0.15, -0.1) is 25.3 Å². The predicted octanol–water partition coefficient (Wildman–Crippen LogP) is 6.43. The first kappa shape index (κ1) is 84.5. The molecule has 0 saturated heterocycles. The molecule has 7 N–H and O–H groups in total. The smallest absolute Gasteiger partial charge is 0.425 e. The van der Waals surface area contributed by atoms with Crippen LogP contribution in [0.1, 0.15) is 134 Å². The zero-order valence-corrected chi connectivity index (χ0v) is 58.3. The maximum Gasteiger partial charge on any atom is 0.425 e. The Kier molecular flexibility index (Phi) is 35.5. The lowest BCUT2D eigenvalue weighted by Crippen LogP contribution is -2.46. The molecule has 99 heavy (non-hydrogen) atoms. The number of ketones is 2. The van der Waals surface area contributed by atoms with Gasteiger partial charge in [-0.25, -0.2) is 9.59 Å². The molecule has 0 aromatic heterocycles. The number of carboxylic acid groups (broad SMARTS) is 3. The monoisotopic (exact) mass is 1460 g/mol. The molecule has 0 fully saturated rings. The van der Waals surface area contributed by atoms with Crippen molar-refractivity contribution in [3.8, 4) is 5.75 Å². The van der Waals surface area contributed by atoms with Crippen molar-refractivity contribution in [1.29, 1.82) is 0 Å². The van der Waals surface area contributed by atoms with Crippen LogP contribution in [0.15, 0.2) is 120 Å². The summed E-state index contributed by atoms with van der Waals surface area (Å²) in [5, 5.41) is 33.0. The third-order valence-electron chi connectivity index (χ3n) is 15.9. The highest BCUT2D eigenvalue weighted by Crippen LogP contribution is 2.48. The molecule has 34 heteroatoms.